The number of aliphatic hydroxyl groups is 1. The highest BCUT2D eigenvalue weighted by Gasteiger charge is 2.51. The third-order valence-electron chi connectivity index (χ3n) is 5.41. The van der Waals surface area contributed by atoms with E-state index < -0.39 is 28.1 Å². The second-order valence-corrected chi connectivity index (χ2v) is 9.10. The van der Waals surface area contributed by atoms with Crippen molar-refractivity contribution in [2.45, 2.75) is 42.4 Å². The van der Waals surface area contributed by atoms with E-state index in [9.17, 15) is 18.3 Å². The average molecular weight is 415 g/mol. The van der Waals surface area contributed by atoms with Crippen LogP contribution in [0.25, 0.3) is 6.08 Å². The van der Waals surface area contributed by atoms with Gasteiger partial charge in [-0.3, -0.25) is 0 Å². The molecule has 152 valence electrons. The normalized spacial score (nSPS) is 25.6. The highest BCUT2D eigenvalue weighted by molar-refractivity contribution is 7.89. The zero-order valence-corrected chi connectivity index (χ0v) is 16.5. The van der Waals surface area contributed by atoms with Crippen molar-refractivity contribution in [3.8, 4) is 5.75 Å². The van der Waals surface area contributed by atoms with Crippen LogP contribution in [-0.2, 0) is 14.8 Å². The van der Waals surface area contributed by atoms with E-state index in [0.29, 0.717) is 11.3 Å². The summed E-state index contributed by atoms with van der Waals surface area (Å²) in [7, 11) is -3.82. The summed E-state index contributed by atoms with van der Waals surface area (Å²) >= 11 is 0. The molecule has 1 saturated carbocycles. The number of hydrogen-bond donors (Lipinski definition) is 3. The zero-order chi connectivity index (χ0) is 20.8. The molecule has 3 N–H and O–H groups in total. The Labute approximate surface area is 168 Å². The Hall–Kier alpha value is -2.68. The number of carboxylic acids is 1. The first kappa shape index (κ1) is 19.6. The van der Waals surface area contributed by atoms with Crippen molar-refractivity contribution >= 4 is 22.1 Å². The molecule has 29 heavy (non-hydrogen) atoms. The summed E-state index contributed by atoms with van der Waals surface area (Å²) in [6, 6.07) is 11.1. The molecule has 1 aliphatic heterocycles. The SMILES string of the molecule is Cc1ccc(S(=O)(=O)NC2C(O)CC3Oc4c(/C=C/C(=O)O)cccc4C32)cc1. The zero-order valence-electron chi connectivity index (χ0n) is 15.6. The van der Waals surface area contributed by atoms with E-state index in [2.05, 4.69) is 4.72 Å². The van der Waals surface area contributed by atoms with E-state index in [1.165, 1.54) is 18.2 Å². The number of fused-ring (bicyclic) bond motifs is 3. The van der Waals surface area contributed by atoms with Gasteiger partial charge in [0.1, 0.15) is 11.9 Å². The number of aliphatic carboxylic acids is 1. The summed E-state index contributed by atoms with van der Waals surface area (Å²) in [5.41, 5.74) is 2.31. The van der Waals surface area contributed by atoms with Gasteiger partial charge in [0.2, 0.25) is 10.0 Å². The molecule has 2 aliphatic rings. The number of nitrogens with one attached hydrogen (secondary N) is 1. The predicted octanol–water partition coefficient (Wildman–Crippen LogP) is 2.05. The van der Waals surface area contributed by atoms with Gasteiger partial charge < -0.3 is 14.9 Å². The molecule has 0 aromatic heterocycles. The fourth-order valence-electron chi connectivity index (χ4n) is 4.05. The number of aliphatic hydroxyl groups excluding tert-OH is 1. The van der Waals surface area contributed by atoms with Gasteiger partial charge in [-0.1, -0.05) is 35.9 Å². The van der Waals surface area contributed by atoms with Crippen molar-refractivity contribution in [3.63, 3.8) is 0 Å². The minimum absolute atomic E-state index is 0.135. The van der Waals surface area contributed by atoms with Crippen molar-refractivity contribution in [2.24, 2.45) is 0 Å². The number of carbonyl (C=O) groups is 1. The van der Waals surface area contributed by atoms with Crippen LogP contribution in [-0.4, -0.2) is 42.8 Å². The summed E-state index contributed by atoms with van der Waals surface area (Å²) in [5.74, 6) is -0.898. The molecule has 0 amide bonds. The molecule has 2 aromatic carbocycles. The highest BCUT2D eigenvalue weighted by atomic mass is 32.2. The smallest absolute Gasteiger partial charge is 0.328 e. The van der Waals surface area contributed by atoms with Crippen LogP contribution in [0.3, 0.4) is 0 Å². The first-order chi connectivity index (χ1) is 13.8. The third kappa shape index (κ3) is 3.66. The molecule has 0 bridgehead atoms. The van der Waals surface area contributed by atoms with Gasteiger partial charge in [0, 0.05) is 29.5 Å². The summed E-state index contributed by atoms with van der Waals surface area (Å²) in [6.45, 7) is 1.87. The van der Waals surface area contributed by atoms with E-state index in [4.69, 9.17) is 9.84 Å². The van der Waals surface area contributed by atoms with E-state index in [1.54, 1.807) is 24.3 Å². The van der Waals surface area contributed by atoms with E-state index >= 15 is 0 Å². The van der Waals surface area contributed by atoms with Crippen molar-refractivity contribution in [3.05, 3.63) is 65.2 Å². The first-order valence-corrected chi connectivity index (χ1v) is 10.7. The predicted molar refractivity (Wildman–Crippen MR) is 106 cm³/mol. The molecule has 1 heterocycles. The number of rotatable bonds is 5. The van der Waals surface area contributed by atoms with Gasteiger partial charge in [-0.2, -0.15) is 0 Å². The van der Waals surface area contributed by atoms with Crippen LogP contribution in [0.4, 0.5) is 0 Å². The third-order valence-corrected chi connectivity index (χ3v) is 6.88. The topological polar surface area (TPSA) is 113 Å². The summed E-state index contributed by atoms with van der Waals surface area (Å²) in [4.78, 5) is 11.0. The molecule has 0 radical (unpaired) electrons. The molecule has 4 atom stereocenters. The maximum Gasteiger partial charge on any atom is 0.328 e. The second kappa shape index (κ2) is 7.29. The number of carboxylic acid groups (broad SMARTS) is 1. The molecule has 2 aromatic rings. The van der Waals surface area contributed by atoms with Crippen LogP contribution >= 0.6 is 0 Å². The van der Waals surface area contributed by atoms with Crippen LogP contribution < -0.4 is 9.46 Å². The molecule has 4 rings (SSSR count). The van der Waals surface area contributed by atoms with Crippen LogP contribution in [0.5, 0.6) is 5.75 Å². The van der Waals surface area contributed by atoms with Gasteiger partial charge >= 0.3 is 5.97 Å². The van der Waals surface area contributed by atoms with Crippen molar-refractivity contribution in [1.29, 1.82) is 0 Å². The molecule has 4 unspecified atom stereocenters. The molecular formula is C21H21NO6S. The van der Waals surface area contributed by atoms with Gasteiger partial charge in [-0.15, -0.1) is 0 Å². The first-order valence-electron chi connectivity index (χ1n) is 9.24. The number of ether oxygens (including phenoxy) is 1. The highest BCUT2D eigenvalue weighted by Crippen LogP contribution is 2.49. The Morgan fingerprint density at radius 3 is 2.62 bits per heavy atom. The molecule has 1 aliphatic carbocycles. The van der Waals surface area contributed by atoms with Crippen molar-refractivity contribution < 1.29 is 28.2 Å². The summed E-state index contributed by atoms with van der Waals surface area (Å²) in [5, 5.41) is 19.4. The summed E-state index contributed by atoms with van der Waals surface area (Å²) in [6.07, 6.45) is 1.48. The quantitative estimate of drug-likeness (QED) is 0.644. The van der Waals surface area contributed by atoms with Crippen molar-refractivity contribution in [1.82, 2.24) is 4.72 Å². The van der Waals surface area contributed by atoms with Gasteiger partial charge in [0.25, 0.3) is 0 Å². The fraction of sp³-hybridized carbons (Fsp3) is 0.286. The van der Waals surface area contributed by atoms with Crippen molar-refractivity contribution in [2.75, 3.05) is 0 Å². The largest absolute Gasteiger partial charge is 0.489 e. The Morgan fingerprint density at radius 2 is 1.93 bits per heavy atom. The average Bonchev–Trinajstić information content (AvgIpc) is 3.16. The molecule has 1 fully saturated rings. The molecule has 0 spiro atoms. The van der Waals surface area contributed by atoms with Gasteiger partial charge in [0.15, 0.2) is 0 Å². The molecule has 8 heteroatoms. The van der Waals surface area contributed by atoms with Crippen LogP contribution in [0.2, 0.25) is 0 Å². The summed E-state index contributed by atoms with van der Waals surface area (Å²) < 4.78 is 34.3. The lowest BCUT2D eigenvalue weighted by molar-refractivity contribution is -0.131. The van der Waals surface area contributed by atoms with Crippen LogP contribution in [0.1, 0.15) is 29.0 Å². The lowest BCUT2D eigenvalue weighted by atomic mass is 9.93. The lowest BCUT2D eigenvalue weighted by Gasteiger charge is -2.22. The Bertz CT molecular complexity index is 1080. The number of para-hydroxylation sites is 1. The maximum absolute atomic E-state index is 12.9. The number of aryl methyl sites for hydroxylation is 1. The number of hydrogen-bond acceptors (Lipinski definition) is 5. The maximum atomic E-state index is 12.9. The minimum atomic E-state index is -3.82. The Kier molecular flexibility index (Phi) is 4.94. The second-order valence-electron chi connectivity index (χ2n) is 7.38. The molecular weight excluding hydrogens is 394 g/mol. The Morgan fingerprint density at radius 1 is 1.21 bits per heavy atom. The van der Waals surface area contributed by atoms with Gasteiger partial charge in [0.05, 0.1) is 17.0 Å². The molecule has 7 nitrogen and oxygen atoms in total. The van der Waals surface area contributed by atoms with Crippen LogP contribution in [0, 0.1) is 6.92 Å². The fourth-order valence-corrected chi connectivity index (χ4v) is 5.34. The van der Waals surface area contributed by atoms with Crippen LogP contribution in [0.15, 0.2) is 53.4 Å². The van der Waals surface area contributed by atoms with Gasteiger partial charge in [-0.25, -0.2) is 17.9 Å². The van der Waals surface area contributed by atoms with E-state index in [1.807, 2.05) is 13.0 Å². The number of benzene rings is 2. The van der Waals surface area contributed by atoms with E-state index in [0.717, 1.165) is 17.2 Å². The molecule has 0 saturated heterocycles. The van der Waals surface area contributed by atoms with Gasteiger partial charge in [-0.05, 0) is 25.1 Å². The minimum Gasteiger partial charge on any atom is -0.489 e. The lowest BCUT2D eigenvalue weighted by Crippen LogP contribution is -2.43. The van der Waals surface area contributed by atoms with E-state index in [-0.39, 0.29) is 23.3 Å². The standard InChI is InChI=1S/C21H21NO6S/c1-12-5-8-14(9-6-12)29(26,27)22-20-16(23)11-17-19(20)15-4-2-3-13(21(15)28-17)7-10-18(24)25/h2-10,16-17,19-20,22-23H,11H2,1H3,(H,24,25)/b10-7+. The number of sulfonamides is 1. The Balaban J connectivity index is 1.66. The monoisotopic (exact) mass is 415 g/mol.